The quantitative estimate of drug-likeness (QED) is 0.287. The maximum atomic E-state index is 13.8. The minimum absolute atomic E-state index is 0.00205. The van der Waals surface area contributed by atoms with Crippen molar-refractivity contribution < 1.29 is 8.78 Å². The SMILES string of the molecule is N#CC(C#N)=C1c2cc(-c3cccc(F)c3)ccc2-c2ccc(-c3cccc(F)c3)cc21. The van der Waals surface area contributed by atoms with E-state index in [1.807, 2.05) is 60.7 Å². The number of nitrogens with zero attached hydrogens (tertiary/aromatic N) is 2. The zero-order valence-corrected chi connectivity index (χ0v) is 16.7. The van der Waals surface area contributed by atoms with E-state index >= 15 is 0 Å². The number of allylic oxidation sites excluding steroid dienone is 1. The van der Waals surface area contributed by atoms with Crippen molar-refractivity contribution >= 4 is 5.57 Å². The molecule has 0 aromatic heterocycles. The molecule has 0 heterocycles. The fraction of sp³-hybridized carbons (Fsp3) is 0. The summed E-state index contributed by atoms with van der Waals surface area (Å²) < 4.78 is 27.5. The van der Waals surface area contributed by atoms with Crippen LogP contribution in [-0.2, 0) is 0 Å². The monoisotopic (exact) mass is 416 g/mol. The molecule has 1 aliphatic carbocycles. The maximum Gasteiger partial charge on any atom is 0.138 e. The summed E-state index contributed by atoms with van der Waals surface area (Å²) in [5.74, 6) is -0.673. The Bertz CT molecular complexity index is 1400. The summed E-state index contributed by atoms with van der Waals surface area (Å²) in [5.41, 5.74) is 6.80. The summed E-state index contributed by atoms with van der Waals surface area (Å²) in [7, 11) is 0. The molecule has 150 valence electrons. The second-order valence-electron chi connectivity index (χ2n) is 7.52. The van der Waals surface area contributed by atoms with Gasteiger partial charge >= 0.3 is 0 Å². The van der Waals surface area contributed by atoms with Gasteiger partial charge in [0.05, 0.1) is 0 Å². The second-order valence-corrected chi connectivity index (χ2v) is 7.52. The molecule has 1 aliphatic rings. The molecule has 5 rings (SSSR count). The van der Waals surface area contributed by atoms with E-state index in [9.17, 15) is 19.3 Å². The Kier molecular flexibility index (Phi) is 4.62. The van der Waals surface area contributed by atoms with Crippen molar-refractivity contribution in [3.05, 3.63) is 113 Å². The summed E-state index contributed by atoms with van der Waals surface area (Å²) in [5, 5.41) is 19.3. The van der Waals surface area contributed by atoms with Gasteiger partial charge in [-0.25, -0.2) is 8.78 Å². The molecular weight excluding hydrogens is 402 g/mol. The van der Waals surface area contributed by atoms with Crippen LogP contribution in [-0.4, -0.2) is 0 Å². The average molecular weight is 416 g/mol. The predicted octanol–water partition coefficient (Wildman–Crippen LogP) is 7.13. The van der Waals surface area contributed by atoms with E-state index < -0.39 is 0 Å². The topological polar surface area (TPSA) is 47.6 Å². The maximum absolute atomic E-state index is 13.8. The minimum atomic E-state index is -0.337. The minimum Gasteiger partial charge on any atom is -0.207 e. The fourth-order valence-corrected chi connectivity index (χ4v) is 4.22. The summed E-state index contributed by atoms with van der Waals surface area (Å²) in [6.45, 7) is 0. The number of benzene rings is 4. The van der Waals surface area contributed by atoms with Crippen molar-refractivity contribution in [1.82, 2.24) is 0 Å². The van der Waals surface area contributed by atoms with E-state index in [2.05, 4.69) is 0 Å². The van der Waals surface area contributed by atoms with Crippen LogP contribution >= 0.6 is 0 Å². The van der Waals surface area contributed by atoms with Crippen LogP contribution in [0, 0.1) is 34.3 Å². The van der Waals surface area contributed by atoms with Gasteiger partial charge in [0, 0.05) is 5.57 Å². The zero-order valence-electron chi connectivity index (χ0n) is 16.7. The second kappa shape index (κ2) is 7.61. The summed E-state index contributed by atoms with van der Waals surface area (Å²) in [4.78, 5) is 0. The van der Waals surface area contributed by atoms with Gasteiger partial charge in [-0.2, -0.15) is 10.5 Å². The first kappa shape index (κ1) is 19.4. The number of rotatable bonds is 2. The molecule has 0 bridgehead atoms. The van der Waals surface area contributed by atoms with Gasteiger partial charge < -0.3 is 0 Å². The van der Waals surface area contributed by atoms with Crippen LogP contribution in [0.15, 0.2) is 90.5 Å². The first-order chi connectivity index (χ1) is 15.6. The van der Waals surface area contributed by atoms with Gasteiger partial charge in [0.1, 0.15) is 29.3 Å². The third kappa shape index (κ3) is 3.16. The Morgan fingerprint density at radius 2 is 0.969 bits per heavy atom. The molecule has 0 saturated heterocycles. The van der Waals surface area contributed by atoms with E-state index in [1.54, 1.807) is 12.1 Å². The van der Waals surface area contributed by atoms with E-state index in [1.165, 1.54) is 24.3 Å². The van der Waals surface area contributed by atoms with Crippen molar-refractivity contribution in [3.63, 3.8) is 0 Å². The molecule has 0 radical (unpaired) electrons. The normalized spacial score (nSPS) is 11.3. The lowest BCUT2D eigenvalue weighted by Crippen LogP contribution is -1.89. The van der Waals surface area contributed by atoms with Crippen LogP contribution in [0.5, 0.6) is 0 Å². The van der Waals surface area contributed by atoms with Crippen LogP contribution in [0.2, 0.25) is 0 Å². The highest BCUT2D eigenvalue weighted by molar-refractivity contribution is 6.05. The Morgan fingerprint density at radius 1 is 0.531 bits per heavy atom. The van der Waals surface area contributed by atoms with Gasteiger partial charge in [-0.05, 0) is 80.9 Å². The Labute approximate surface area is 183 Å². The van der Waals surface area contributed by atoms with Crippen molar-refractivity contribution in [1.29, 1.82) is 10.5 Å². The summed E-state index contributed by atoms with van der Waals surface area (Å²) >= 11 is 0. The Morgan fingerprint density at radius 3 is 1.38 bits per heavy atom. The number of fused-ring (bicyclic) bond motifs is 3. The standard InChI is InChI=1S/C28H14F2N2/c29-22-5-1-3-17(11-22)19-7-9-24-25-10-8-20(18-4-2-6-23(30)12-18)14-27(25)28(26(24)13-19)21(15-31)16-32/h1-14H. The zero-order chi connectivity index (χ0) is 22.2. The fourth-order valence-electron chi connectivity index (χ4n) is 4.22. The number of hydrogen-bond acceptors (Lipinski definition) is 2. The third-order valence-corrected chi connectivity index (χ3v) is 5.66. The smallest absolute Gasteiger partial charge is 0.138 e. The first-order valence-corrected chi connectivity index (χ1v) is 9.94. The number of nitriles is 2. The molecule has 2 nitrogen and oxygen atoms in total. The molecular formula is C28H14F2N2. The number of hydrogen-bond donors (Lipinski definition) is 0. The highest BCUT2D eigenvalue weighted by Crippen LogP contribution is 2.48. The van der Waals surface area contributed by atoms with Crippen molar-refractivity contribution in [2.45, 2.75) is 0 Å². The van der Waals surface area contributed by atoms with Crippen LogP contribution in [0.1, 0.15) is 11.1 Å². The molecule has 4 aromatic rings. The lowest BCUT2D eigenvalue weighted by molar-refractivity contribution is 0.628. The van der Waals surface area contributed by atoms with Crippen LogP contribution in [0.3, 0.4) is 0 Å². The lowest BCUT2D eigenvalue weighted by atomic mass is 9.94. The van der Waals surface area contributed by atoms with Gasteiger partial charge in [0.25, 0.3) is 0 Å². The average Bonchev–Trinajstić information content (AvgIpc) is 3.13. The Balaban J connectivity index is 1.74. The molecule has 0 saturated carbocycles. The molecule has 32 heavy (non-hydrogen) atoms. The van der Waals surface area contributed by atoms with E-state index in [-0.39, 0.29) is 17.2 Å². The van der Waals surface area contributed by atoms with E-state index in [0.29, 0.717) is 16.7 Å². The molecule has 0 aliphatic heterocycles. The van der Waals surface area contributed by atoms with Crippen LogP contribution in [0.25, 0.3) is 39.0 Å². The summed E-state index contributed by atoms with van der Waals surface area (Å²) in [6, 6.07) is 28.0. The molecule has 0 spiro atoms. The van der Waals surface area contributed by atoms with E-state index in [4.69, 9.17) is 0 Å². The van der Waals surface area contributed by atoms with Crippen molar-refractivity contribution in [2.75, 3.05) is 0 Å². The molecule has 0 unspecified atom stereocenters. The molecule has 0 atom stereocenters. The van der Waals surface area contributed by atoms with Crippen molar-refractivity contribution in [2.24, 2.45) is 0 Å². The van der Waals surface area contributed by atoms with Gasteiger partial charge in [0.2, 0.25) is 0 Å². The van der Waals surface area contributed by atoms with Crippen LogP contribution in [0.4, 0.5) is 8.78 Å². The highest BCUT2D eigenvalue weighted by Gasteiger charge is 2.27. The van der Waals surface area contributed by atoms with Crippen LogP contribution < -0.4 is 0 Å². The predicted molar refractivity (Wildman–Crippen MR) is 120 cm³/mol. The largest absolute Gasteiger partial charge is 0.207 e. The van der Waals surface area contributed by atoms with Crippen molar-refractivity contribution in [3.8, 4) is 45.5 Å². The first-order valence-electron chi connectivity index (χ1n) is 9.94. The van der Waals surface area contributed by atoms with Gasteiger partial charge in [-0.1, -0.05) is 48.5 Å². The molecule has 0 N–H and O–H groups in total. The molecule has 4 aromatic carbocycles. The molecule has 4 heteroatoms. The van der Waals surface area contributed by atoms with Gasteiger partial charge in [0.15, 0.2) is 0 Å². The summed E-state index contributed by atoms with van der Waals surface area (Å²) in [6.07, 6.45) is 0. The van der Waals surface area contributed by atoms with E-state index in [0.717, 1.165) is 33.4 Å². The Hall–Kier alpha value is -4.54. The molecule has 0 fully saturated rings. The van der Waals surface area contributed by atoms with Gasteiger partial charge in [-0.15, -0.1) is 0 Å². The highest BCUT2D eigenvalue weighted by atomic mass is 19.1. The number of halogens is 2. The third-order valence-electron chi connectivity index (χ3n) is 5.66. The van der Waals surface area contributed by atoms with Gasteiger partial charge in [-0.3, -0.25) is 0 Å². The molecule has 0 amide bonds. The lowest BCUT2D eigenvalue weighted by Gasteiger charge is -2.08.